The minimum absolute atomic E-state index is 0. The van der Waals surface area contributed by atoms with Gasteiger partial charge in [0.15, 0.2) is 6.61 Å². The highest BCUT2D eigenvalue weighted by Crippen LogP contribution is 2.63. The van der Waals surface area contributed by atoms with Crippen LogP contribution in [-0.4, -0.2) is 48.8 Å². The summed E-state index contributed by atoms with van der Waals surface area (Å²) in [6.07, 6.45) is -4.30. The van der Waals surface area contributed by atoms with Crippen LogP contribution in [0, 0.1) is 22.7 Å². The molecular weight excluding hydrogens is 515 g/mol. The molecule has 4 rings (SSSR count). The predicted octanol–water partition coefficient (Wildman–Crippen LogP) is 7.03. The SMILES string of the molecule is C.C.CCC(C)(C)C(=O)OC12CC3CC(C1)CC(C(=O)OCC(=O)OCCCC(F)(F)CC(F)(F)F)(C3)C2. The first kappa shape index (κ1) is 34.1. The van der Waals surface area contributed by atoms with Gasteiger partial charge in [-0.25, -0.2) is 13.6 Å². The Bertz CT molecular complexity index is 839. The molecule has 0 aliphatic heterocycles. The van der Waals surface area contributed by atoms with E-state index in [1.165, 1.54) is 0 Å². The van der Waals surface area contributed by atoms with Crippen molar-refractivity contribution < 1.29 is 50.5 Å². The van der Waals surface area contributed by atoms with Gasteiger partial charge >= 0.3 is 24.1 Å². The average Bonchev–Trinajstić information content (AvgIpc) is 2.72. The lowest BCUT2D eigenvalue weighted by Gasteiger charge is -2.60. The van der Waals surface area contributed by atoms with Crippen LogP contribution in [0.4, 0.5) is 22.0 Å². The molecule has 0 radical (unpaired) electrons. The zero-order valence-electron chi connectivity index (χ0n) is 21.0. The molecule has 0 heterocycles. The number of alkyl halides is 5. The highest BCUT2D eigenvalue weighted by molar-refractivity contribution is 5.81. The van der Waals surface area contributed by atoms with E-state index in [9.17, 15) is 36.3 Å². The highest BCUT2D eigenvalue weighted by atomic mass is 19.4. The Balaban J connectivity index is 0.00000361. The molecule has 4 aliphatic rings. The Kier molecular flexibility index (Phi) is 10.8. The molecule has 222 valence electrons. The second-order valence-electron chi connectivity index (χ2n) is 11.6. The maximum atomic E-state index is 13.3. The summed E-state index contributed by atoms with van der Waals surface area (Å²) in [6.45, 7) is 4.33. The number of ether oxygens (including phenoxy) is 3. The number of esters is 3. The van der Waals surface area contributed by atoms with Gasteiger partial charge in [-0.05, 0) is 70.6 Å². The molecule has 6 nitrogen and oxygen atoms in total. The van der Waals surface area contributed by atoms with Gasteiger partial charge in [-0.1, -0.05) is 21.8 Å². The van der Waals surface area contributed by atoms with Gasteiger partial charge < -0.3 is 14.2 Å². The van der Waals surface area contributed by atoms with Crippen molar-refractivity contribution in [2.45, 2.75) is 118 Å². The van der Waals surface area contributed by atoms with E-state index in [1.807, 2.05) is 20.8 Å². The molecule has 4 saturated carbocycles. The van der Waals surface area contributed by atoms with Crippen molar-refractivity contribution in [1.82, 2.24) is 0 Å². The van der Waals surface area contributed by atoms with Crippen molar-refractivity contribution in [1.29, 1.82) is 0 Å². The molecule has 2 unspecified atom stereocenters. The number of carbonyl (C=O) groups excluding carboxylic acids is 3. The van der Waals surface area contributed by atoms with Crippen LogP contribution in [0.5, 0.6) is 0 Å². The summed E-state index contributed by atoms with van der Waals surface area (Å²) < 4.78 is 79.1. The molecule has 0 aromatic carbocycles. The van der Waals surface area contributed by atoms with E-state index >= 15 is 0 Å². The van der Waals surface area contributed by atoms with Gasteiger partial charge in [0.2, 0.25) is 0 Å². The first-order chi connectivity index (χ1) is 16.5. The summed E-state index contributed by atoms with van der Waals surface area (Å²) in [5.74, 6) is -5.34. The van der Waals surface area contributed by atoms with Crippen LogP contribution < -0.4 is 0 Å². The van der Waals surface area contributed by atoms with Gasteiger partial charge in [0.25, 0.3) is 5.92 Å². The van der Waals surface area contributed by atoms with Gasteiger partial charge in [-0.15, -0.1) is 0 Å². The summed E-state index contributed by atoms with van der Waals surface area (Å²) in [5.41, 5.74) is -2.23. The molecule has 38 heavy (non-hydrogen) atoms. The van der Waals surface area contributed by atoms with Crippen LogP contribution in [0.15, 0.2) is 0 Å². The minimum Gasteiger partial charge on any atom is -0.463 e. The van der Waals surface area contributed by atoms with Crippen LogP contribution in [0.3, 0.4) is 0 Å². The normalized spacial score (nSPS) is 28.1. The standard InChI is InChI=1S/C25H35F5O6.2CH4/c1-4-21(2,3)19(32)36-23-11-16-8-17(12-23)10-22(9-16,14-23)20(33)35-13-18(31)34-7-5-6-24(26,27)15-25(28,29)30;;/h16-17H,4-15H2,1-3H3;2*1H4. The third-order valence-electron chi connectivity index (χ3n) is 7.92. The zero-order valence-corrected chi connectivity index (χ0v) is 21.0. The van der Waals surface area contributed by atoms with Gasteiger partial charge in [0.1, 0.15) is 12.0 Å². The first-order valence-electron chi connectivity index (χ1n) is 12.5. The van der Waals surface area contributed by atoms with E-state index in [0.29, 0.717) is 38.5 Å². The van der Waals surface area contributed by atoms with Crippen LogP contribution in [0.1, 0.15) is 99.8 Å². The molecule has 0 spiro atoms. The van der Waals surface area contributed by atoms with Crippen molar-refractivity contribution in [2.75, 3.05) is 13.2 Å². The fourth-order valence-electron chi connectivity index (χ4n) is 6.23. The van der Waals surface area contributed by atoms with E-state index in [1.54, 1.807) is 0 Å². The Morgan fingerprint density at radius 3 is 2.03 bits per heavy atom. The molecule has 4 bridgehead atoms. The van der Waals surface area contributed by atoms with Crippen LogP contribution in [0.25, 0.3) is 0 Å². The van der Waals surface area contributed by atoms with E-state index in [-0.39, 0.29) is 32.7 Å². The molecule has 0 amide bonds. The molecule has 0 aromatic rings. The van der Waals surface area contributed by atoms with Crippen molar-refractivity contribution in [3.8, 4) is 0 Å². The van der Waals surface area contributed by atoms with Crippen molar-refractivity contribution in [2.24, 2.45) is 22.7 Å². The molecule has 2 atom stereocenters. The largest absolute Gasteiger partial charge is 0.463 e. The maximum absolute atomic E-state index is 13.3. The lowest BCUT2D eigenvalue weighted by molar-refractivity contribution is -0.218. The molecular formula is C27H43F5O6. The molecule has 4 fully saturated rings. The minimum atomic E-state index is -4.99. The smallest absolute Gasteiger partial charge is 0.394 e. The average molecular weight is 559 g/mol. The van der Waals surface area contributed by atoms with E-state index < -0.39 is 72.9 Å². The number of halogens is 5. The number of rotatable bonds is 11. The maximum Gasteiger partial charge on any atom is 0.394 e. The van der Waals surface area contributed by atoms with Gasteiger partial charge in [-0.3, -0.25) is 9.59 Å². The number of carbonyl (C=O) groups is 3. The molecule has 11 heteroatoms. The predicted molar refractivity (Wildman–Crippen MR) is 130 cm³/mol. The molecule has 0 aromatic heterocycles. The third-order valence-corrected chi connectivity index (χ3v) is 7.92. The van der Waals surface area contributed by atoms with Crippen LogP contribution in [0.2, 0.25) is 0 Å². The third kappa shape index (κ3) is 8.28. The van der Waals surface area contributed by atoms with Gasteiger partial charge in [0, 0.05) is 12.8 Å². The summed E-state index contributed by atoms with van der Waals surface area (Å²) in [7, 11) is 0. The molecule has 0 N–H and O–H groups in total. The summed E-state index contributed by atoms with van der Waals surface area (Å²) in [4.78, 5) is 37.9. The number of hydrogen-bond acceptors (Lipinski definition) is 6. The summed E-state index contributed by atoms with van der Waals surface area (Å²) >= 11 is 0. The quantitative estimate of drug-likeness (QED) is 0.117. The second kappa shape index (κ2) is 12.1. The van der Waals surface area contributed by atoms with Gasteiger partial charge in [0.05, 0.1) is 17.4 Å². The summed E-state index contributed by atoms with van der Waals surface area (Å²) in [6, 6.07) is 0. The topological polar surface area (TPSA) is 78.9 Å². The lowest BCUT2D eigenvalue weighted by atomic mass is 9.48. The van der Waals surface area contributed by atoms with Crippen LogP contribution in [-0.2, 0) is 28.6 Å². The molecule has 4 aliphatic carbocycles. The lowest BCUT2D eigenvalue weighted by Crippen LogP contribution is -2.60. The Morgan fingerprint density at radius 1 is 0.921 bits per heavy atom. The van der Waals surface area contributed by atoms with Gasteiger partial charge in [-0.2, -0.15) is 13.2 Å². The van der Waals surface area contributed by atoms with Crippen LogP contribution >= 0.6 is 0 Å². The molecule has 0 saturated heterocycles. The fraction of sp³-hybridized carbons (Fsp3) is 0.889. The fourth-order valence-corrected chi connectivity index (χ4v) is 6.23. The monoisotopic (exact) mass is 558 g/mol. The second-order valence-corrected chi connectivity index (χ2v) is 11.6. The van der Waals surface area contributed by atoms with Crippen molar-refractivity contribution in [3.63, 3.8) is 0 Å². The zero-order chi connectivity index (χ0) is 27.0. The van der Waals surface area contributed by atoms with Crippen molar-refractivity contribution >= 4 is 17.9 Å². The van der Waals surface area contributed by atoms with E-state index in [4.69, 9.17) is 14.2 Å². The Labute approximate surface area is 222 Å². The highest BCUT2D eigenvalue weighted by Gasteiger charge is 2.63. The van der Waals surface area contributed by atoms with Crippen molar-refractivity contribution in [3.05, 3.63) is 0 Å². The Hall–Kier alpha value is -1.94. The number of hydrogen-bond donors (Lipinski definition) is 0. The van der Waals surface area contributed by atoms with E-state index in [0.717, 1.165) is 6.42 Å². The first-order valence-corrected chi connectivity index (χ1v) is 12.5. The van der Waals surface area contributed by atoms with E-state index in [2.05, 4.69) is 0 Å². The summed E-state index contributed by atoms with van der Waals surface area (Å²) in [5, 5.41) is 0. The Morgan fingerprint density at radius 2 is 1.50 bits per heavy atom.